The smallest absolute Gasteiger partial charge is 0.343 e. The summed E-state index contributed by atoms with van der Waals surface area (Å²) in [6.07, 6.45) is 1.79. The first-order valence-electron chi connectivity index (χ1n) is 5.26. The summed E-state index contributed by atoms with van der Waals surface area (Å²) in [6.45, 7) is 0. The van der Waals surface area contributed by atoms with Crippen LogP contribution in [0.15, 0.2) is 41.5 Å². The zero-order valence-electron chi connectivity index (χ0n) is 9.70. The van der Waals surface area contributed by atoms with Crippen LogP contribution in [0.5, 0.6) is 0 Å². The van der Waals surface area contributed by atoms with Gasteiger partial charge < -0.3 is 4.74 Å². The number of benzene rings is 1. The third-order valence-electron chi connectivity index (χ3n) is 2.50. The van der Waals surface area contributed by atoms with Crippen molar-refractivity contribution in [2.45, 2.75) is 5.25 Å². The van der Waals surface area contributed by atoms with E-state index >= 15 is 0 Å². The van der Waals surface area contributed by atoms with Crippen LogP contribution in [-0.4, -0.2) is 31.6 Å². The summed E-state index contributed by atoms with van der Waals surface area (Å²) >= 11 is 1.36. The van der Waals surface area contributed by atoms with Gasteiger partial charge in [-0.1, -0.05) is 18.2 Å². The summed E-state index contributed by atoms with van der Waals surface area (Å²) in [6, 6.07) is 8.49. The molecule has 0 bridgehead atoms. The Bertz CT molecular complexity index is 575. The van der Waals surface area contributed by atoms with E-state index in [1.165, 1.54) is 11.8 Å². The molecule has 1 aliphatic heterocycles. The molecule has 0 saturated carbocycles. The molecule has 0 aliphatic carbocycles. The molecule has 0 fully saturated rings. The van der Waals surface area contributed by atoms with Gasteiger partial charge >= 0.3 is 5.97 Å². The van der Waals surface area contributed by atoms with Crippen molar-refractivity contribution in [3.8, 4) is 0 Å². The number of thioether (sulfide) groups is 1. The van der Waals surface area contributed by atoms with E-state index < -0.39 is 15.8 Å². The molecule has 1 aliphatic rings. The van der Waals surface area contributed by atoms with Gasteiger partial charge in [0.25, 0.3) is 0 Å². The van der Waals surface area contributed by atoms with Gasteiger partial charge in [0.1, 0.15) is 5.76 Å². The molecule has 96 valence electrons. The molecule has 0 spiro atoms. The van der Waals surface area contributed by atoms with Gasteiger partial charge in [0.2, 0.25) is 0 Å². The molecule has 1 aromatic rings. The molecular formula is C12H12O4S2. The number of esters is 1. The molecule has 4 nitrogen and oxygen atoms in total. The van der Waals surface area contributed by atoms with Crippen molar-refractivity contribution in [2.75, 3.05) is 12.0 Å². The third kappa shape index (κ3) is 2.94. The Kier molecular flexibility index (Phi) is 3.77. The molecule has 1 unspecified atom stereocenters. The molecule has 0 aromatic heterocycles. The van der Waals surface area contributed by atoms with E-state index in [4.69, 9.17) is 4.74 Å². The Labute approximate surface area is 110 Å². The number of hydrogen-bond acceptors (Lipinski definition) is 5. The fourth-order valence-electron chi connectivity index (χ4n) is 1.61. The molecule has 0 N–H and O–H groups in total. The Hall–Kier alpha value is -1.27. The minimum Gasteiger partial charge on any atom is -0.425 e. The molecule has 0 radical (unpaired) electrons. The maximum Gasteiger partial charge on any atom is 0.343 e. The van der Waals surface area contributed by atoms with E-state index in [2.05, 4.69) is 0 Å². The van der Waals surface area contributed by atoms with Gasteiger partial charge in [-0.2, -0.15) is 11.8 Å². The zero-order chi connectivity index (χ0) is 13.2. The number of hydrogen-bond donors (Lipinski definition) is 0. The lowest BCUT2D eigenvalue weighted by atomic mass is 10.2. The van der Waals surface area contributed by atoms with E-state index in [-0.39, 0.29) is 16.8 Å². The predicted octanol–water partition coefficient (Wildman–Crippen LogP) is 1.84. The first-order chi connectivity index (χ1) is 8.52. The highest BCUT2D eigenvalue weighted by molar-refractivity contribution is 8.02. The molecule has 1 aromatic carbocycles. The highest BCUT2D eigenvalue weighted by Crippen LogP contribution is 2.28. The lowest BCUT2D eigenvalue weighted by molar-refractivity contribution is 0.0621. The number of carbonyl (C=O) groups excluding carboxylic acids is 1. The normalized spacial score (nSPS) is 21.4. The van der Waals surface area contributed by atoms with E-state index in [1.807, 2.05) is 0 Å². The van der Waals surface area contributed by atoms with Gasteiger partial charge in [0.15, 0.2) is 9.84 Å². The zero-order valence-corrected chi connectivity index (χ0v) is 11.3. The van der Waals surface area contributed by atoms with E-state index in [1.54, 1.807) is 36.6 Å². The van der Waals surface area contributed by atoms with Gasteiger partial charge in [-0.15, -0.1) is 0 Å². The Morgan fingerprint density at radius 2 is 2.00 bits per heavy atom. The average Bonchev–Trinajstić information content (AvgIpc) is 2.65. The van der Waals surface area contributed by atoms with Gasteiger partial charge in [-0.05, 0) is 18.4 Å². The summed E-state index contributed by atoms with van der Waals surface area (Å²) in [5.74, 6) is -0.319. The van der Waals surface area contributed by atoms with E-state index in [0.29, 0.717) is 5.56 Å². The molecule has 1 atom stereocenters. The molecule has 1 heterocycles. The Morgan fingerprint density at radius 1 is 1.33 bits per heavy atom. The maximum absolute atomic E-state index is 11.8. The summed E-state index contributed by atoms with van der Waals surface area (Å²) in [5.41, 5.74) is 0.405. The lowest BCUT2D eigenvalue weighted by Crippen LogP contribution is -2.14. The van der Waals surface area contributed by atoms with Crippen LogP contribution in [0.3, 0.4) is 0 Å². The van der Waals surface area contributed by atoms with Crippen molar-refractivity contribution in [3.63, 3.8) is 0 Å². The monoisotopic (exact) mass is 284 g/mol. The lowest BCUT2D eigenvalue weighted by Gasteiger charge is -2.10. The Balaban J connectivity index is 2.17. The van der Waals surface area contributed by atoms with Crippen molar-refractivity contribution < 1.29 is 17.9 Å². The first-order valence-corrected chi connectivity index (χ1v) is 8.26. The molecule has 0 amide bonds. The first kappa shape index (κ1) is 13.2. The number of rotatable bonds is 3. The average molecular weight is 284 g/mol. The molecule has 2 rings (SSSR count). The second kappa shape index (κ2) is 5.16. The minimum absolute atomic E-state index is 0.00836. The van der Waals surface area contributed by atoms with Crippen molar-refractivity contribution >= 4 is 27.6 Å². The highest BCUT2D eigenvalue weighted by Gasteiger charge is 2.32. The van der Waals surface area contributed by atoms with Gasteiger partial charge in [-0.25, -0.2) is 13.2 Å². The van der Waals surface area contributed by atoms with Crippen molar-refractivity contribution in [1.29, 1.82) is 0 Å². The number of carbonyl (C=O) groups is 1. The van der Waals surface area contributed by atoms with Crippen molar-refractivity contribution in [1.82, 2.24) is 0 Å². The quantitative estimate of drug-likeness (QED) is 0.793. The molecule has 18 heavy (non-hydrogen) atoms. The van der Waals surface area contributed by atoms with Crippen molar-refractivity contribution in [2.24, 2.45) is 0 Å². The number of sulfone groups is 1. The van der Waals surface area contributed by atoms with Gasteiger partial charge in [-0.3, -0.25) is 0 Å². The molecular weight excluding hydrogens is 272 g/mol. The van der Waals surface area contributed by atoms with Crippen LogP contribution < -0.4 is 0 Å². The predicted molar refractivity (Wildman–Crippen MR) is 71.0 cm³/mol. The minimum atomic E-state index is -3.24. The van der Waals surface area contributed by atoms with Crippen LogP contribution in [0.4, 0.5) is 0 Å². The SMILES string of the molecule is CSC1CS(=O)(=O)C=C1OC(=O)c1ccccc1. The van der Waals surface area contributed by atoms with Crippen LogP contribution in [-0.2, 0) is 14.6 Å². The number of ether oxygens (including phenoxy) is 1. The van der Waals surface area contributed by atoms with Gasteiger partial charge in [0, 0.05) is 0 Å². The molecule has 6 heteroatoms. The van der Waals surface area contributed by atoms with Gasteiger partial charge in [0.05, 0.1) is 22.0 Å². The summed E-state index contributed by atoms with van der Waals surface area (Å²) in [4.78, 5) is 11.8. The molecule has 0 saturated heterocycles. The van der Waals surface area contributed by atoms with Crippen LogP contribution in [0, 0.1) is 0 Å². The summed E-state index contributed by atoms with van der Waals surface area (Å²) in [5, 5.41) is 0.748. The third-order valence-corrected chi connectivity index (χ3v) is 5.07. The van der Waals surface area contributed by atoms with E-state index in [9.17, 15) is 13.2 Å². The fourth-order valence-corrected chi connectivity index (χ4v) is 4.41. The highest BCUT2D eigenvalue weighted by atomic mass is 32.2. The van der Waals surface area contributed by atoms with Crippen LogP contribution in [0.2, 0.25) is 0 Å². The van der Waals surface area contributed by atoms with Crippen molar-refractivity contribution in [3.05, 3.63) is 47.1 Å². The standard InChI is InChI=1S/C12H12O4S2/c1-17-11-8-18(14,15)7-10(11)16-12(13)9-5-3-2-4-6-9/h2-7,11H,8H2,1H3. The van der Waals surface area contributed by atoms with Crippen LogP contribution >= 0.6 is 11.8 Å². The van der Waals surface area contributed by atoms with Crippen LogP contribution in [0.25, 0.3) is 0 Å². The maximum atomic E-state index is 11.8. The summed E-state index contributed by atoms with van der Waals surface area (Å²) in [7, 11) is -3.24. The fraction of sp³-hybridized carbons (Fsp3) is 0.250. The largest absolute Gasteiger partial charge is 0.425 e. The van der Waals surface area contributed by atoms with E-state index in [0.717, 1.165) is 5.41 Å². The van der Waals surface area contributed by atoms with Crippen LogP contribution in [0.1, 0.15) is 10.4 Å². The second-order valence-electron chi connectivity index (χ2n) is 3.83. The topological polar surface area (TPSA) is 60.4 Å². The summed E-state index contributed by atoms with van der Waals surface area (Å²) < 4.78 is 28.1. The Morgan fingerprint density at radius 3 is 2.61 bits per heavy atom. The second-order valence-corrected chi connectivity index (χ2v) is 6.76.